The van der Waals surface area contributed by atoms with E-state index in [0.717, 1.165) is 23.3 Å². The van der Waals surface area contributed by atoms with E-state index in [0.29, 0.717) is 12.1 Å². The van der Waals surface area contributed by atoms with E-state index >= 15 is 0 Å². The lowest BCUT2D eigenvalue weighted by atomic mass is 10.2. The van der Waals surface area contributed by atoms with Crippen molar-refractivity contribution in [1.29, 1.82) is 0 Å². The lowest BCUT2D eigenvalue weighted by molar-refractivity contribution is 0.112. The first-order valence-corrected chi connectivity index (χ1v) is 5.35. The second-order valence-electron chi connectivity index (χ2n) is 3.81. The number of nitrogens with zero attached hydrogens (tertiary/aromatic N) is 2. The SMILES string of the molecule is COc1ccc(Cn2ncc(C=O)c2C)cc1. The number of carbonyl (C=O) groups is 1. The van der Waals surface area contributed by atoms with Crippen LogP contribution >= 0.6 is 0 Å². The molecule has 4 nitrogen and oxygen atoms in total. The minimum Gasteiger partial charge on any atom is -0.497 e. The van der Waals surface area contributed by atoms with Crippen molar-refractivity contribution in [3.05, 3.63) is 47.3 Å². The van der Waals surface area contributed by atoms with Crippen LogP contribution < -0.4 is 4.74 Å². The number of methoxy groups -OCH3 is 1. The zero-order valence-corrected chi connectivity index (χ0v) is 9.88. The summed E-state index contributed by atoms with van der Waals surface area (Å²) in [4.78, 5) is 10.7. The van der Waals surface area contributed by atoms with Crippen molar-refractivity contribution in [2.24, 2.45) is 0 Å². The predicted molar refractivity (Wildman–Crippen MR) is 64.4 cm³/mol. The zero-order valence-electron chi connectivity index (χ0n) is 9.88. The van der Waals surface area contributed by atoms with Crippen molar-refractivity contribution < 1.29 is 9.53 Å². The van der Waals surface area contributed by atoms with Crippen LogP contribution in [-0.2, 0) is 6.54 Å². The monoisotopic (exact) mass is 230 g/mol. The van der Waals surface area contributed by atoms with Crippen molar-refractivity contribution in [1.82, 2.24) is 9.78 Å². The van der Waals surface area contributed by atoms with Crippen LogP contribution in [0, 0.1) is 6.92 Å². The van der Waals surface area contributed by atoms with Crippen molar-refractivity contribution in [3.8, 4) is 5.75 Å². The van der Waals surface area contributed by atoms with Gasteiger partial charge < -0.3 is 4.74 Å². The maximum absolute atomic E-state index is 10.7. The Morgan fingerprint density at radius 1 is 1.35 bits per heavy atom. The van der Waals surface area contributed by atoms with Gasteiger partial charge >= 0.3 is 0 Å². The Morgan fingerprint density at radius 2 is 2.06 bits per heavy atom. The molecule has 88 valence electrons. The molecule has 0 saturated carbocycles. The molecule has 1 heterocycles. The fourth-order valence-corrected chi connectivity index (χ4v) is 1.64. The summed E-state index contributed by atoms with van der Waals surface area (Å²) < 4.78 is 6.91. The number of benzene rings is 1. The van der Waals surface area contributed by atoms with Crippen molar-refractivity contribution in [2.75, 3.05) is 7.11 Å². The van der Waals surface area contributed by atoms with Gasteiger partial charge in [0.2, 0.25) is 0 Å². The summed E-state index contributed by atoms with van der Waals surface area (Å²) in [6.45, 7) is 2.55. The van der Waals surface area contributed by atoms with Crippen LogP contribution in [0.4, 0.5) is 0 Å². The van der Waals surface area contributed by atoms with Crippen molar-refractivity contribution in [2.45, 2.75) is 13.5 Å². The summed E-state index contributed by atoms with van der Waals surface area (Å²) in [6, 6.07) is 7.80. The van der Waals surface area contributed by atoms with E-state index in [-0.39, 0.29) is 0 Å². The van der Waals surface area contributed by atoms with Gasteiger partial charge in [0.15, 0.2) is 6.29 Å². The van der Waals surface area contributed by atoms with Gasteiger partial charge in [-0.05, 0) is 24.6 Å². The summed E-state index contributed by atoms with van der Waals surface area (Å²) >= 11 is 0. The standard InChI is InChI=1S/C13H14N2O2/c1-10-12(9-16)7-14-15(10)8-11-3-5-13(17-2)6-4-11/h3-7,9H,8H2,1-2H3. The Labute approximate surface area is 99.8 Å². The molecule has 0 fully saturated rings. The van der Waals surface area contributed by atoms with E-state index in [1.807, 2.05) is 35.9 Å². The molecular formula is C13H14N2O2. The first kappa shape index (κ1) is 11.4. The molecule has 1 aromatic heterocycles. The highest BCUT2D eigenvalue weighted by Crippen LogP contribution is 2.13. The van der Waals surface area contributed by atoms with Gasteiger partial charge in [-0.3, -0.25) is 9.48 Å². The fraction of sp³-hybridized carbons (Fsp3) is 0.231. The predicted octanol–water partition coefficient (Wildman–Crippen LogP) is 2.06. The number of ether oxygens (including phenoxy) is 1. The quantitative estimate of drug-likeness (QED) is 0.755. The van der Waals surface area contributed by atoms with Gasteiger partial charge in [0, 0.05) is 5.69 Å². The molecule has 4 heteroatoms. The number of hydrogen-bond donors (Lipinski definition) is 0. The molecule has 0 radical (unpaired) electrons. The van der Waals surface area contributed by atoms with Gasteiger partial charge in [-0.25, -0.2) is 0 Å². The molecule has 0 bridgehead atoms. The van der Waals surface area contributed by atoms with Crippen LogP contribution in [0.25, 0.3) is 0 Å². The van der Waals surface area contributed by atoms with Gasteiger partial charge in [-0.2, -0.15) is 5.10 Å². The molecule has 17 heavy (non-hydrogen) atoms. The molecule has 0 unspecified atom stereocenters. The third kappa shape index (κ3) is 2.36. The second-order valence-corrected chi connectivity index (χ2v) is 3.81. The van der Waals surface area contributed by atoms with E-state index in [4.69, 9.17) is 4.74 Å². The molecule has 0 N–H and O–H groups in total. The van der Waals surface area contributed by atoms with Gasteiger partial charge in [0.1, 0.15) is 5.75 Å². The average molecular weight is 230 g/mol. The third-order valence-electron chi connectivity index (χ3n) is 2.76. The second kappa shape index (κ2) is 4.82. The lowest BCUT2D eigenvalue weighted by Gasteiger charge is -2.06. The van der Waals surface area contributed by atoms with Crippen LogP contribution in [0.2, 0.25) is 0 Å². The van der Waals surface area contributed by atoms with E-state index in [1.165, 1.54) is 0 Å². The molecule has 0 aliphatic heterocycles. The van der Waals surface area contributed by atoms with Crippen molar-refractivity contribution in [3.63, 3.8) is 0 Å². The summed E-state index contributed by atoms with van der Waals surface area (Å²) in [5.74, 6) is 0.833. The molecule has 2 rings (SSSR count). The number of aldehydes is 1. The minimum atomic E-state index is 0.638. The smallest absolute Gasteiger partial charge is 0.153 e. The van der Waals surface area contributed by atoms with Gasteiger partial charge in [-0.15, -0.1) is 0 Å². The highest BCUT2D eigenvalue weighted by molar-refractivity contribution is 5.75. The topological polar surface area (TPSA) is 44.1 Å². The van der Waals surface area contributed by atoms with Crippen LogP contribution in [0.15, 0.2) is 30.5 Å². The Balaban J connectivity index is 2.19. The maximum Gasteiger partial charge on any atom is 0.153 e. The molecule has 0 spiro atoms. The molecule has 0 aliphatic carbocycles. The molecule has 0 amide bonds. The summed E-state index contributed by atoms with van der Waals surface area (Å²) in [5, 5.41) is 4.18. The van der Waals surface area contributed by atoms with Gasteiger partial charge in [0.25, 0.3) is 0 Å². The number of aromatic nitrogens is 2. The van der Waals surface area contributed by atoms with Gasteiger partial charge in [0.05, 0.1) is 25.4 Å². The Morgan fingerprint density at radius 3 is 2.59 bits per heavy atom. The van der Waals surface area contributed by atoms with Crippen molar-refractivity contribution >= 4 is 6.29 Å². The normalized spacial score (nSPS) is 10.2. The molecule has 0 saturated heterocycles. The van der Waals surface area contributed by atoms with Crippen LogP contribution in [-0.4, -0.2) is 23.2 Å². The van der Waals surface area contributed by atoms with Gasteiger partial charge in [-0.1, -0.05) is 12.1 Å². The largest absolute Gasteiger partial charge is 0.497 e. The Bertz CT molecular complexity index is 515. The Kier molecular flexibility index (Phi) is 3.23. The van der Waals surface area contributed by atoms with Crippen LogP contribution in [0.3, 0.4) is 0 Å². The zero-order chi connectivity index (χ0) is 12.3. The highest BCUT2D eigenvalue weighted by atomic mass is 16.5. The summed E-state index contributed by atoms with van der Waals surface area (Å²) in [7, 11) is 1.64. The lowest BCUT2D eigenvalue weighted by Crippen LogP contribution is -2.04. The average Bonchev–Trinajstić information content (AvgIpc) is 2.71. The summed E-state index contributed by atoms with van der Waals surface area (Å²) in [6.07, 6.45) is 2.42. The molecule has 1 aromatic carbocycles. The molecular weight excluding hydrogens is 216 g/mol. The number of hydrogen-bond acceptors (Lipinski definition) is 3. The van der Waals surface area contributed by atoms with Crippen LogP contribution in [0.1, 0.15) is 21.6 Å². The molecule has 2 aromatic rings. The van der Waals surface area contributed by atoms with E-state index in [1.54, 1.807) is 13.3 Å². The molecule has 0 atom stereocenters. The third-order valence-corrected chi connectivity index (χ3v) is 2.76. The summed E-state index contributed by atoms with van der Waals surface area (Å²) in [5.41, 5.74) is 2.64. The first-order chi connectivity index (χ1) is 8.24. The first-order valence-electron chi connectivity index (χ1n) is 5.35. The fourth-order valence-electron chi connectivity index (χ4n) is 1.64. The van der Waals surface area contributed by atoms with Crippen LogP contribution in [0.5, 0.6) is 5.75 Å². The van der Waals surface area contributed by atoms with E-state index in [9.17, 15) is 4.79 Å². The molecule has 0 aliphatic rings. The Hall–Kier alpha value is -2.10. The number of rotatable bonds is 4. The number of carbonyl (C=O) groups excluding carboxylic acids is 1. The van der Waals surface area contributed by atoms with E-state index < -0.39 is 0 Å². The minimum absolute atomic E-state index is 0.638. The maximum atomic E-state index is 10.7. The highest BCUT2D eigenvalue weighted by Gasteiger charge is 2.05. The van der Waals surface area contributed by atoms with E-state index in [2.05, 4.69) is 5.10 Å².